The highest BCUT2D eigenvalue weighted by Gasteiger charge is 2.17. The van der Waals surface area contributed by atoms with Gasteiger partial charge in [0.15, 0.2) is 0 Å². The first kappa shape index (κ1) is 14.6. The minimum Gasteiger partial charge on any atom is -0.496 e. The zero-order valence-electron chi connectivity index (χ0n) is 11.5. The van der Waals surface area contributed by atoms with Gasteiger partial charge in [-0.1, -0.05) is 21.1 Å². The van der Waals surface area contributed by atoms with Gasteiger partial charge in [0.25, 0.3) is 5.91 Å². The summed E-state index contributed by atoms with van der Waals surface area (Å²) in [4.78, 5) is 12.1. The normalized spacial score (nSPS) is 10.4. The lowest BCUT2D eigenvalue weighted by Crippen LogP contribution is -2.24. The van der Waals surface area contributed by atoms with Crippen LogP contribution in [0.25, 0.3) is 0 Å². The van der Waals surface area contributed by atoms with Crippen molar-refractivity contribution in [2.45, 2.75) is 20.4 Å². The van der Waals surface area contributed by atoms with Crippen molar-refractivity contribution in [3.8, 4) is 5.75 Å². The van der Waals surface area contributed by atoms with Crippen molar-refractivity contribution in [1.82, 2.24) is 10.5 Å². The molecule has 2 aromatic rings. The maximum Gasteiger partial charge on any atom is 0.257 e. The van der Waals surface area contributed by atoms with Gasteiger partial charge in [-0.15, -0.1) is 0 Å². The molecule has 20 heavy (non-hydrogen) atoms. The Morgan fingerprint density at radius 3 is 2.80 bits per heavy atom. The lowest BCUT2D eigenvalue weighted by molar-refractivity contribution is 0.0948. The van der Waals surface area contributed by atoms with E-state index in [9.17, 15) is 4.79 Å². The van der Waals surface area contributed by atoms with Crippen LogP contribution < -0.4 is 10.1 Å². The number of methoxy groups -OCH3 is 1. The molecule has 106 valence electrons. The fourth-order valence-corrected chi connectivity index (χ4v) is 2.36. The van der Waals surface area contributed by atoms with Crippen molar-refractivity contribution in [2.24, 2.45) is 0 Å². The van der Waals surface area contributed by atoms with Gasteiger partial charge in [-0.25, -0.2) is 0 Å². The lowest BCUT2D eigenvalue weighted by Gasteiger charge is -2.10. The number of amides is 1. The zero-order valence-corrected chi connectivity index (χ0v) is 13.1. The van der Waals surface area contributed by atoms with E-state index >= 15 is 0 Å². The average molecular weight is 339 g/mol. The first-order chi connectivity index (χ1) is 9.52. The van der Waals surface area contributed by atoms with E-state index in [1.54, 1.807) is 21.0 Å². The molecule has 0 aliphatic rings. The molecule has 0 atom stereocenters. The molecule has 5 nitrogen and oxygen atoms in total. The minimum atomic E-state index is -0.205. The van der Waals surface area contributed by atoms with E-state index in [4.69, 9.17) is 9.26 Å². The van der Waals surface area contributed by atoms with Crippen LogP contribution in [0.5, 0.6) is 5.75 Å². The van der Waals surface area contributed by atoms with Crippen LogP contribution in [0, 0.1) is 13.8 Å². The molecule has 1 N–H and O–H groups in total. The first-order valence-electron chi connectivity index (χ1n) is 6.06. The van der Waals surface area contributed by atoms with E-state index < -0.39 is 0 Å². The van der Waals surface area contributed by atoms with Crippen molar-refractivity contribution >= 4 is 21.8 Å². The highest BCUT2D eigenvalue weighted by molar-refractivity contribution is 9.10. The summed E-state index contributed by atoms with van der Waals surface area (Å²) < 4.78 is 11.2. The van der Waals surface area contributed by atoms with Crippen LogP contribution in [0.2, 0.25) is 0 Å². The smallest absolute Gasteiger partial charge is 0.257 e. The Morgan fingerprint density at radius 1 is 1.45 bits per heavy atom. The van der Waals surface area contributed by atoms with Gasteiger partial charge in [0, 0.05) is 16.6 Å². The predicted molar refractivity (Wildman–Crippen MR) is 77.8 cm³/mol. The molecule has 0 unspecified atom stereocenters. The summed E-state index contributed by atoms with van der Waals surface area (Å²) in [5, 5.41) is 6.62. The molecule has 0 saturated heterocycles. The quantitative estimate of drug-likeness (QED) is 0.930. The van der Waals surface area contributed by atoms with Crippen LogP contribution in [0.1, 0.15) is 27.4 Å². The third kappa shape index (κ3) is 3.01. The number of hydrogen-bond acceptors (Lipinski definition) is 4. The summed E-state index contributed by atoms with van der Waals surface area (Å²) >= 11 is 3.40. The Morgan fingerprint density at radius 2 is 2.20 bits per heavy atom. The van der Waals surface area contributed by atoms with Crippen LogP contribution in [0.15, 0.2) is 27.2 Å². The van der Waals surface area contributed by atoms with Crippen LogP contribution in [-0.2, 0) is 6.54 Å². The van der Waals surface area contributed by atoms with E-state index in [2.05, 4.69) is 26.4 Å². The summed E-state index contributed by atoms with van der Waals surface area (Å²) in [6.45, 7) is 3.82. The van der Waals surface area contributed by atoms with Crippen molar-refractivity contribution in [2.75, 3.05) is 7.11 Å². The molecule has 1 amide bonds. The molecule has 1 heterocycles. The Bertz CT molecular complexity index is 618. The third-order valence-electron chi connectivity index (χ3n) is 2.94. The van der Waals surface area contributed by atoms with Crippen LogP contribution in [0.3, 0.4) is 0 Å². The Kier molecular flexibility index (Phi) is 4.44. The number of carbonyl (C=O) groups is 1. The molecule has 0 spiro atoms. The molecule has 0 radical (unpaired) electrons. The number of benzene rings is 1. The number of nitrogens with zero attached hydrogens (tertiary/aromatic N) is 1. The van der Waals surface area contributed by atoms with Gasteiger partial charge in [0.2, 0.25) is 0 Å². The van der Waals surface area contributed by atoms with Gasteiger partial charge < -0.3 is 14.6 Å². The second kappa shape index (κ2) is 6.09. The molecule has 0 aliphatic heterocycles. The Labute approximate surface area is 125 Å². The largest absolute Gasteiger partial charge is 0.496 e. The standard InChI is InChI=1S/C14H15BrN2O3/c1-8-13(9(2)20-17-8)14(18)16-7-10-6-11(15)4-5-12(10)19-3/h4-6H,7H2,1-3H3,(H,16,18). The number of aryl methyl sites for hydroxylation is 2. The lowest BCUT2D eigenvalue weighted by atomic mass is 10.1. The van der Waals surface area contributed by atoms with Crippen molar-refractivity contribution < 1.29 is 14.1 Å². The first-order valence-corrected chi connectivity index (χ1v) is 6.85. The van der Waals surface area contributed by atoms with E-state index in [1.165, 1.54) is 0 Å². The molecule has 1 aromatic heterocycles. The Balaban J connectivity index is 2.13. The molecular formula is C14H15BrN2O3. The summed E-state index contributed by atoms with van der Waals surface area (Å²) in [7, 11) is 1.60. The highest BCUT2D eigenvalue weighted by Crippen LogP contribution is 2.23. The molecule has 2 rings (SSSR count). The van der Waals surface area contributed by atoms with Gasteiger partial charge in [0.05, 0.1) is 12.8 Å². The maximum atomic E-state index is 12.1. The molecule has 1 aromatic carbocycles. The highest BCUT2D eigenvalue weighted by atomic mass is 79.9. The van der Waals surface area contributed by atoms with Crippen LogP contribution in [-0.4, -0.2) is 18.2 Å². The van der Waals surface area contributed by atoms with Crippen molar-refractivity contribution in [1.29, 1.82) is 0 Å². The fraction of sp³-hybridized carbons (Fsp3) is 0.286. The second-order valence-electron chi connectivity index (χ2n) is 4.34. The van der Waals surface area contributed by atoms with E-state index in [0.29, 0.717) is 23.6 Å². The second-order valence-corrected chi connectivity index (χ2v) is 5.25. The van der Waals surface area contributed by atoms with E-state index in [0.717, 1.165) is 15.8 Å². The van der Waals surface area contributed by atoms with Gasteiger partial charge in [-0.3, -0.25) is 4.79 Å². The van der Waals surface area contributed by atoms with Crippen molar-refractivity contribution in [3.63, 3.8) is 0 Å². The summed E-state index contributed by atoms with van der Waals surface area (Å²) in [5.74, 6) is 1.04. The number of nitrogens with one attached hydrogen (secondary N) is 1. The molecule has 0 aliphatic carbocycles. The van der Waals surface area contributed by atoms with Gasteiger partial charge in [0.1, 0.15) is 17.1 Å². The maximum absolute atomic E-state index is 12.1. The van der Waals surface area contributed by atoms with E-state index in [1.807, 2.05) is 18.2 Å². The minimum absolute atomic E-state index is 0.205. The van der Waals surface area contributed by atoms with Gasteiger partial charge in [-0.05, 0) is 32.0 Å². The molecule has 0 fully saturated rings. The topological polar surface area (TPSA) is 64.4 Å². The van der Waals surface area contributed by atoms with Crippen LogP contribution in [0.4, 0.5) is 0 Å². The monoisotopic (exact) mass is 338 g/mol. The Hall–Kier alpha value is -1.82. The number of ether oxygens (including phenoxy) is 1. The SMILES string of the molecule is COc1ccc(Br)cc1CNC(=O)c1c(C)noc1C. The number of hydrogen-bond donors (Lipinski definition) is 1. The summed E-state index contributed by atoms with van der Waals surface area (Å²) in [6.07, 6.45) is 0. The molecule has 0 saturated carbocycles. The average Bonchev–Trinajstić information content (AvgIpc) is 2.76. The van der Waals surface area contributed by atoms with Crippen molar-refractivity contribution in [3.05, 3.63) is 45.3 Å². The number of aromatic nitrogens is 1. The fourth-order valence-electron chi connectivity index (χ4n) is 1.96. The summed E-state index contributed by atoms with van der Waals surface area (Å²) in [5.41, 5.74) is 1.96. The number of rotatable bonds is 4. The number of carbonyl (C=O) groups excluding carboxylic acids is 1. The van der Waals surface area contributed by atoms with Gasteiger partial charge >= 0.3 is 0 Å². The van der Waals surface area contributed by atoms with Gasteiger partial charge in [-0.2, -0.15) is 0 Å². The number of halogens is 1. The zero-order chi connectivity index (χ0) is 14.7. The summed E-state index contributed by atoms with van der Waals surface area (Å²) in [6, 6.07) is 5.65. The predicted octanol–water partition coefficient (Wildman–Crippen LogP) is 2.99. The molecular weight excluding hydrogens is 324 g/mol. The molecule has 6 heteroatoms. The van der Waals surface area contributed by atoms with E-state index in [-0.39, 0.29) is 5.91 Å². The van der Waals surface area contributed by atoms with Crippen LogP contribution >= 0.6 is 15.9 Å². The molecule has 0 bridgehead atoms. The third-order valence-corrected chi connectivity index (χ3v) is 3.44.